The van der Waals surface area contributed by atoms with Crippen LogP contribution in [0.25, 0.3) is 54.6 Å². The molecule has 5 nitrogen and oxygen atoms in total. The number of para-hydroxylation sites is 2. The van der Waals surface area contributed by atoms with Gasteiger partial charge in [0.25, 0.3) is 0 Å². The van der Waals surface area contributed by atoms with Gasteiger partial charge in [0.1, 0.15) is 28.8 Å². The number of benzene rings is 6. The Morgan fingerprint density at radius 2 is 1.33 bits per heavy atom. The summed E-state index contributed by atoms with van der Waals surface area (Å²) in [6.45, 7) is 0. The summed E-state index contributed by atoms with van der Waals surface area (Å²) >= 11 is 6.66. The van der Waals surface area contributed by atoms with Gasteiger partial charge in [0.15, 0.2) is 11.4 Å². The van der Waals surface area contributed by atoms with Crippen LogP contribution in [0.5, 0.6) is 0 Å². The summed E-state index contributed by atoms with van der Waals surface area (Å²) in [4.78, 5) is 10.4. The molecular formula is C37H22ClN3O2. The Morgan fingerprint density at radius 1 is 0.605 bits per heavy atom. The third-order valence-electron chi connectivity index (χ3n) is 8.21. The molecule has 0 saturated carbocycles. The SMILES string of the molecule is Clc1ccc(C2=NC(c3cccc4oc5ccccc5c34)=NC(c3ccc4ccccc4c3)N2)c2c1oc1ccccc12. The van der Waals surface area contributed by atoms with Gasteiger partial charge in [-0.1, -0.05) is 96.5 Å². The number of halogens is 1. The number of furan rings is 2. The monoisotopic (exact) mass is 575 g/mol. The van der Waals surface area contributed by atoms with Gasteiger partial charge in [-0.2, -0.15) is 0 Å². The maximum absolute atomic E-state index is 6.66. The molecule has 3 heterocycles. The number of fused-ring (bicyclic) bond motifs is 7. The molecule has 0 radical (unpaired) electrons. The smallest absolute Gasteiger partial charge is 0.160 e. The fourth-order valence-electron chi connectivity index (χ4n) is 6.21. The number of nitrogens with zero attached hydrogens (tertiary/aromatic N) is 2. The molecule has 1 N–H and O–H groups in total. The molecule has 1 unspecified atom stereocenters. The molecule has 2 aromatic heterocycles. The lowest BCUT2D eigenvalue weighted by Crippen LogP contribution is -2.33. The molecule has 1 aliphatic heterocycles. The first-order valence-corrected chi connectivity index (χ1v) is 14.5. The number of nitrogens with one attached hydrogen (secondary N) is 1. The minimum atomic E-state index is -0.385. The Bertz CT molecular complexity index is 2470. The minimum absolute atomic E-state index is 0.385. The van der Waals surface area contributed by atoms with Crippen LogP contribution in [0.2, 0.25) is 5.02 Å². The van der Waals surface area contributed by atoms with Crippen LogP contribution in [0, 0.1) is 0 Å². The summed E-state index contributed by atoms with van der Waals surface area (Å²) in [7, 11) is 0. The second-order valence-corrected chi connectivity index (χ2v) is 11.1. The van der Waals surface area contributed by atoms with Crippen molar-refractivity contribution in [2.24, 2.45) is 9.98 Å². The highest BCUT2D eigenvalue weighted by molar-refractivity contribution is 6.37. The van der Waals surface area contributed by atoms with Crippen LogP contribution in [-0.4, -0.2) is 11.7 Å². The van der Waals surface area contributed by atoms with Crippen molar-refractivity contribution in [2.45, 2.75) is 6.17 Å². The van der Waals surface area contributed by atoms with Crippen LogP contribution in [0.4, 0.5) is 0 Å². The van der Waals surface area contributed by atoms with Gasteiger partial charge in [0.2, 0.25) is 0 Å². The lowest BCUT2D eigenvalue weighted by Gasteiger charge is -2.24. The maximum atomic E-state index is 6.66. The van der Waals surface area contributed by atoms with Crippen molar-refractivity contribution in [3.63, 3.8) is 0 Å². The number of aliphatic imine (C=N–C) groups is 2. The Hall–Kier alpha value is -5.39. The largest absolute Gasteiger partial charge is 0.456 e. The van der Waals surface area contributed by atoms with Gasteiger partial charge in [0, 0.05) is 32.7 Å². The molecular weight excluding hydrogens is 554 g/mol. The van der Waals surface area contributed by atoms with E-state index >= 15 is 0 Å². The van der Waals surface area contributed by atoms with Gasteiger partial charge in [-0.15, -0.1) is 0 Å². The molecule has 6 heteroatoms. The average molecular weight is 576 g/mol. The van der Waals surface area contributed by atoms with Crippen molar-refractivity contribution in [1.29, 1.82) is 0 Å². The van der Waals surface area contributed by atoms with Gasteiger partial charge < -0.3 is 14.2 Å². The third kappa shape index (κ3) is 3.79. The van der Waals surface area contributed by atoms with E-state index in [-0.39, 0.29) is 6.17 Å². The molecule has 0 fully saturated rings. The topological polar surface area (TPSA) is 63.0 Å². The molecule has 1 atom stereocenters. The van der Waals surface area contributed by atoms with E-state index in [2.05, 4.69) is 66.0 Å². The summed E-state index contributed by atoms with van der Waals surface area (Å²) in [5, 5.41) is 10.5. The third-order valence-corrected chi connectivity index (χ3v) is 8.51. The van der Waals surface area contributed by atoms with Gasteiger partial charge in [-0.3, -0.25) is 0 Å². The summed E-state index contributed by atoms with van der Waals surface area (Å²) in [5.41, 5.74) is 5.89. The van der Waals surface area contributed by atoms with Crippen LogP contribution in [0.1, 0.15) is 22.9 Å². The highest BCUT2D eigenvalue weighted by Crippen LogP contribution is 2.38. The minimum Gasteiger partial charge on any atom is -0.456 e. The molecule has 9 rings (SSSR count). The zero-order valence-corrected chi connectivity index (χ0v) is 23.5. The lowest BCUT2D eigenvalue weighted by molar-refractivity contribution is 0.668. The Balaban J connectivity index is 1.31. The van der Waals surface area contributed by atoms with Gasteiger partial charge >= 0.3 is 0 Å². The average Bonchev–Trinajstić information content (AvgIpc) is 3.64. The van der Waals surface area contributed by atoms with E-state index in [9.17, 15) is 0 Å². The van der Waals surface area contributed by atoms with E-state index in [0.29, 0.717) is 22.3 Å². The van der Waals surface area contributed by atoms with Gasteiger partial charge in [0.05, 0.1) is 5.02 Å². The van der Waals surface area contributed by atoms with Gasteiger partial charge in [-0.05, 0) is 52.7 Å². The first-order valence-electron chi connectivity index (χ1n) is 14.1. The fourth-order valence-corrected chi connectivity index (χ4v) is 6.41. The first-order chi connectivity index (χ1) is 21.2. The Kier molecular flexibility index (Phi) is 5.25. The molecule has 0 aliphatic carbocycles. The van der Waals surface area contributed by atoms with E-state index in [1.807, 2.05) is 60.7 Å². The van der Waals surface area contributed by atoms with E-state index in [1.165, 1.54) is 5.39 Å². The number of rotatable bonds is 3. The summed E-state index contributed by atoms with van der Waals surface area (Å²) < 4.78 is 12.4. The summed E-state index contributed by atoms with van der Waals surface area (Å²) in [6, 6.07) is 40.8. The van der Waals surface area contributed by atoms with E-state index in [1.54, 1.807) is 0 Å². The van der Waals surface area contributed by atoms with Crippen molar-refractivity contribution in [2.75, 3.05) is 0 Å². The molecule has 0 spiro atoms. The fraction of sp³-hybridized carbons (Fsp3) is 0.0270. The van der Waals surface area contributed by atoms with Crippen LogP contribution in [0.3, 0.4) is 0 Å². The normalized spacial score (nSPS) is 15.3. The molecule has 43 heavy (non-hydrogen) atoms. The highest BCUT2D eigenvalue weighted by atomic mass is 35.5. The molecule has 6 aromatic carbocycles. The number of hydrogen-bond donors (Lipinski definition) is 1. The zero-order valence-electron chi connectivity index (χ0n) is 22.7. The van der Waals surface area contributed by atoms with E-state index < -0.39 is 0 Å². The molecule has 0 saturated heterocycles. The lowest BCUT2D eigenvalue weighted by atomic mass is 10.0. The number of hydrogen-bond acceptors (Lipinski definition) is 5. The Labute approximate surface area is 250 Å². The van der Waals surface area contributed by atoms with Crippen LogP contribution < -0.4 is 5.32 Å². The van der Waals surface area contributed by atoms with Crippen LogP contribution >= 0.6 is 11.6 Å². The van der Waals surface area contributed by atoms with Crippen molar-refractivity contribution < 1.29 is 8.83 Å². The van der Waals surface area contributed by atoms with Crippen molar-refractivity contribution in [1.82, 2.24) is 5.32 Å². The molecule has 8 aromatic rings. The van der Waals surface area contributed by atoms with Crippen molar-refractivity contribution >= 4 is 77.9 Å². The molecule has 0 amide bonds. The predicted octanol–water partition coefficient (Wildman–Crippen LogP) is 9.79. The Morgan fingerprint density at radius 3 is 2.19 bits per heavy atom. The van der Waals surface area contributed by atoms with E-state index in [0.717, 1.165) is 60.4 Å². The molecule has 204 valence electrons. The maximum Gasteiger partial charge on any atom is 0.160 e. The second-order valence-electron chi connectivity index (χ2n) is 10.7. The summed E-state index contributed by atoms with van der Waals surface area (Å²) in [6.07, 6.45) is -0.385. The van der Waals surface area contributed by atoms with Gasteiger partial charge in [-0.25, -0.2) is 9.98 Å². The first kappa shape index (κ1) is 24.2. The van der Waals surface area contributed by atoms with Crippen LogP contribution in [0.15, 0.2) is 140 Å². The second kappa shape index (κ2) is 9.31. The number of amidine groups is 2. The van der Waals surface area contributed by atoms with Crippen molar-refractivity contribution in [3.8, 4) is 0 Å². The summed E-state index contributed by atoms with van der Waals surface area (Å²) in [5.74, 6) is 1.32. The quantitative estimate of drug-likeness (QED) is 0.228. The molecule has 1 aliphatic rings. The van der Waals surface area contributed by atoms with E-state index in [4.69, 9.17) is 30.4 Å². The standard InChI is InChI=1S/C37H22ClN3O2/c38-28-19-18-27(33-25-11-4-6-14-30(25)43-34(28)33)37-40-35(23-17-16-21-8-1-2-9-22(21)20-23)39-36(41-37)26-12-7-15-31-32(26)24-10-3-5-13-29(24)42-31/h1-20,35H,(H,39,40,41). The molecule has 0 bridgehead atoms. The predicted molar refractivity (Wildman–Crippen MR) is 175 cm³/mol. The van der Waals surface area contributed by atoms with Crippen molar-refractivity contribution in [3.05, 3.63) is 143 Å². The zero-order chi connectivity index (χ0) is 28.5. The van der Waals surface area contributed by atoms with Crippen LogP contribution in [-0.2, 0) is 0 Å². The highest BCUT2D eigenvalue weighted by Gasteiger charge is 2.26.